The molecule has 4 fully saturated rings. The van der Waals surface area contributed by atoms with Gasteiger partial charge in [0.2, 0.25) is 11.8 Å². The molecule has 4 saturated heterocycles. The second-order valence-electron chi connectivity index (χ2n) is 15.2. The lowest BCUT2D eigenvalue weighted by molar-refractivity contribution is -0.134. The number of amides is 3. The van der Waals surface area contributed by atoms with Crippen LogP contribution in [0.1, 0.15) is 83.8 Å². The molecule has 1 spiro atoms. The molecule has 5 heterocycles. The van der Waals surface area contributed by atoms with E-state index in [9.17, 15) is 19.2 Å². The summed E-state index contributed by atoms with van der Waals surface area (Å²) in [6.07, 6.45) is 7.08. The molecule has 3 aromatic rings. The van der Waals surface area contributed by atoms with Gasteiger partial charge in [-0.05, 0) is 93.7 Å². The van der Waals surface area contributed by atoms with Crippen molar-refractivity contribution in [3.8, 4) is 0 Å². The first-order valence-corrected chi connectivity index (χ1v) is 18.2. The average Bonchev–Trinajstić information content (AvgIpc) is 3.12. The van der Waals surface area contributed by atoms with Crippen LogP contribution in [0.5, 0.6) is 0 Å². The van der Waals surface area contributed by atoms with Crippen molar-refractivity contribution in [2.24, 2.45) is 12.5 Å². The quantitative estimate of drug-likeness (QED) is 0.369. The molecule has 7 rings (SSSR count). The third-order valence-electron chi connectivity index (χ3n) is 11.9. The largest absolute Gasteiger partial charge is 0.379 e. The van der Waals surface area contributed by atoms with Crippen LogP contribution < -0.4 is 21.1 Å². The maximum absolute atomic E-state index is 15.2. The Balaban J connectivity index is 0.911. The van der Waals surface area contributed by atoms with Gasteiger partial charge in [0.1, 0.15) is 5.82 Å². The van der Waals surface area contributed by atoms with E-state index in [0.717, 1.165) is 82.7 Å². The van der Waals surface area contributed by atoms with Gasteiger partial charge in [0, 0.05) is 81.2 Å². The Kier molecular flexibility index (Phi) is 9.71. The normalized spacial score (nSPS) is 24.0. The van der Waals surface area contributed by atoms with Gasteiger partial charge in [0.15, 0.2) is 0 Å². The molecule has 0 saturated carbocycles. The van der Waals surface area contributed by atoms with E-state index in [2.05, 4.69) is 44.7 Å². The number of halogens is 1. The minimum absolute atomic E-state index is 0.0781. The Morgan fingerprint density at radius 2 is 1.67 bits per heavy atom. The van der Waals surface area contributed by atoms with Crippen molar-refractivity contribution in [2.45, 2.75) is 69.7 Å². The number of rotatable bonds is 6. The number of likely N-dealkylation sites (N-methyl/N-ethyl adjacent to an activating group) is 1. The molecule has 3 atom stereocenters. The number of imide groups is 1. The number of nitrogens with one attached hydrogen (secondary N) is 2. The van der Waals surface area contributed by atoms with Crippen LogP contribution in [-0.4, -0.2) is 89.7 Å². The fraction of sp³-hybridized carbons (Fsp3) is 0.513. The predicted molar refractivity (Wildman–Crippen MR) is 193 cm³/mol. The van der Waals surface area contributed by atoms with Crippen LogP contribution in [0.2, 0.25) is 0 Å². The summed E-state index contributed by atoms with van der Waals surface area (Å²) in [5, 5.41) is 10.1. The number of aryl methyl sites for hydroxylation is 1. The number of anilines is 2. The maximum Gasteiger partial charge on any atom is 0.271 e. The molecule has 2 aromatic carbocycles. The van der Waals surface area contributed by atoms with Gasteiger partial charge in [-0.3, -0.25) is 24.5 Å². The topological polar surface area (TPSA) is 120 Å². The first-order valence-electron chi connectivity index (χ1n) is 18.2. The average molecular weight is 698 g/mol. The molecule has 0 bridgehead atoms. The third kappa shape index (κ3) is 7.28. The lowest BCUT2D eigenvalue weighted by Gasteiger charge is -2.47. The number of aromatic nitrogens is 2. The highest BCUT2D eigenvalue weighted by Crippen LogP contribution is 2.43. The zero-order chi connectivity index (χ0) is 35.9. The minimum Gasteiger partial charge on any atom is -0.379 e. The van der Waals surface area contributed by atoms with Gasteiger partial charge in [-0.15, -0.1) is 0 Å². The van der Waals surface area contributed by atoms with Gasteiger partial charge in [0.25, 0.3) is 11.5 Å². The Morgan fingerprint density at radius 3 is 2.35 bits per heavy atom. The fourth-order valence-corrected chi connectivity index (χ4v) is 8.67. The number of benzene rings is 2. The van der Waals surface area contributed by atoms with Crippen molar-refractivity contribution < 1.29 is 18.8 Å². The summed E-state index contributed by atoms with van der Waals surface area (Å²) in [7, 11) is 3.77. The summed E-state index contributed by atoms with van der Waals surface area (Å²) < 4.78 is 16.5. The first-order chi connectivity index (χ1) is 24.5. The standard InChI is InChI=1S/C39H48FN7O4/c1-25-34(22-41-45(3)37(25)50)42-29-20-28(23-44(2)24-29)26-4-6-27(7-5-26)38(51)47-18-14-39(15-19-47)12-16-46(17-13-39)30-8-9-31(33(40)21-30)32-10-11-35(48)43-36(32)49/h4-9,21-22,28-29,32,42H,10-20,23-24H2,1-3H3,(H,43,48,49). The van der Waals surface area contributed by atoms with E-state index in [1.165, 1.54) is 16.3 Å². The summed E-state index contributed by atoms with van der Waals surface area (Å²) in [6.45, 7) is 6.72. The van der Waals surface area contributed by atoms with Crippen molar-refractivity contribution in [3.63, 3.8) is 0 Å². The van der Waals surface area contributed by atoms with E-state index in [1.54, 1.807) is 19.3 Å². The number of nitrogens with zero attached hydrogens (tertiary/aromatic N) is 5. The second-order valence-corrected chi connectivity index (χ2v) is 15.2. The number of carbonyl (C=O) groups is 3. The van der Waals surface area contributed by atoms with Gasteiger partial charge in [-0.25, -0.2) is 9.07 Å². The summed E-state index contributed by atoms with van der Waals surface area (Å²) in [5.74, 6) is -1.40. The zero-order valence-corrected chi connectivity index (χ0v) is 29.8. The van der Waals surface area contributed by atoms with Crippen molar-refractivity contribution in [2.75, 3.05) is 56.5 Å². The highest BCUT2D eigenvalue weighted by atomic mass is 19.1. The molecule has 270 valence electrons. The number of hydrogen-bond acceptors (Lipinski definition) is 8. The Labute approximate surface area is 298 Å². The van der Waals surface area contributed by atoms with Crippen LogP contribution in [0.4, 0.5) is 15.8 Å². The smallest absolute Gasteiger partial charge is 0.271 e. The third-order valence-corrected chi connectivity index (χ3v) is 11.9. The Morgan fingerprint density at radius 1 is 0.961 bits per heavy atom. The zero-order valence-electron chi connectivity index (χ0n) is 29.8. The molecule has 1 aromatic heterocycles. The molecular formula is C39H48FN7O4. The molecule has 3 amide bonds. The van der Waals surface area contributed by atoms with E-state index >= 15 is 4.39 Å². The van der Waals surface area contributed by atoms with Crippen molar-refractivity contribution >= 4 is 29.1 Å². The lowest BCUT2D eigenvalue weighted by atomic mass is 9.71. The van der Waals surface area contributed by atoms with E-state index in [0.29, 0.717) is 29.0 Å². The van der Waals surface area contributed by atoms with Gasteiger partial charge in [-0.1, -0.05) is 18.2 Å². The Hall–Kier alpha value is -4.58. The Bertz CT molecular complexity index is 1860. The fourth-order valence-electron chi connectivity index (χ4n) is 8.67. The molecule has 4 aliphatic rings. The number of hydrogen-bond donors (Lipinski definition) is 2. The van der Waals surface area contributed by atoms with E-state index < -0.39 is 17.6 Å². The number of carbonyl (C=O) groups excluding carboxylic acids is 3. The predicted octanol–water partition coefficient (Wildman–Crippen LogP) is 4.17. The molecular weight excluding hydrogens is 649 g/mol. The summed E-state index contributed by atoms with van der Waals surface area (Å²) in [4.78, 5) is 56.3. The maximum atomic E-state index is 15.2. The van der Waals surface area contributed by atoms with Crippen molar-refractivity contribution in [1.82, 2.24) is 24.9 Å². The number of piperidine rings is 4. The van der Waals surface area contributed by atoms with Crippen molar-refractivity contribution in [1.29, 1.82) is 0 Å². The molecule has 2 N–H and O–H groups in total. The molecule has 3 unspecified atom stereocenters. The van der Waals surface area contributed by atoms with Gasteiger partial charge in [0.05, 0.1) is 17.8 Å². The molecule has 0 radical (unpaired) electrons. The van der Waals surface area contributed by atoms with Crippen LogP contribution >= 0.6 is 0 Å². The summed E-state index contributed by atoms with van der Waals surface area (Å²) in [6, 6.07) is 13.4. The van der Waals surface area contributed by atoms with Gasteiger partial charge in [-0.2, -0.15) is 5.10 Å². The van der Waals surface area contributed by atoms with Crippen molar-refractivity contribution in [3.05, 3.63) is 87.1 Å². The van der Waals surface area contributed by atoms with Crippen LogP contribution in [0.3, 0.4) is 0 Å². The monoisotopic (exact) mass is 697 g/mol. The molecule has 12 heteroatoms. The molecule has 0 aliphatic carbocycles. The first kappa shape index (κ1) is 34.9. The van der Waals surface area contributed by atoms with Crippen LogP contribution in [0, 0.1) is 18.2 Å². The molecule has 11 nitrogen and oxygen atoms in total. The summed E-state index contributed by atoms with van der Waals surface area (Å²) >= 11 is 0. The molecule has 51 heavy (non-hydrogen) atoms. The highest BCUT2D eigenvalue weighted by Gasteiger charge is 2.39. The van der Waals surface area contributed by atoms with Gasteiger partial charge >= 0.3 is 0 Å². The lowest BCUT2D eigenvalue weighted by Crippen LogP contribution is -2.48. The van der Waals surface area contributed by atoms with E-state index in [-0.39, 0.29) is 35.3 Å². The van der Waals surface area contributed by atoms with Crippen LogP contribution in [0.25, 0.3) is 0 Å². The highest BCUT2D eigenvalue weighted by molar-refractivity contribution is 6.01. The minimum atomic E-state index is -0.635. The molecule has 4 aliphatic heterocycles. The van der Waals surface area contributed by atoms with E-state index in [1.807, 2.05) is 30.0 Å². The van der Waals surface area contributed by atoms with Crippen LogP contribution in [0.15, 0.2) is 53.5 Å². The van der Waals surface area contributed by atoms with Gasteiger partial charge < -0.3 is 20.0 Å². The summed E-state index contributed by atoms with van der Waals surface area (Å²) in [5.41, 5.74) is 4.62. The number of likely N-dealkylation sites (tertiary alicyclic amines) is 2. The second kappa shape index (κ2) is 14.2. The van der Waals surface area contributed by atoms with E-state index in [4.69, 9.17) is 0 Å². The van der Waals surface area contributed by atoms with Crippen LogP contribution in [-0.2, 0) is 16.6 Å². The SMILES string of the molecule is Cc1c(NC2CC(c3ccc(C(=O)N4CCC5(CC4)CCN(c4ccc(C6CCC(=O)NC6=O)c(F)c4)CC5)cc3)CN(C)C2)cnn(C)c1=O.